The first-order valence-corrected chi connectivity index (χ1v) is 12.7. The fourth-order valence-electron chi connectivity index (χ4n) is 4.49. The second kappa shape index (κ2) is 9.02. The summed E-state index contributed by atoms with van der Waals surface area (Å²) in [7, 11) is -2.21. The van der Waals surface area contributed by atoms with Crippen molar-refractivity contribution in [3.05, 3.63) is 83.9 Å². The number of para-hydroxylation sites is 1. The minimum absolute atomic E-state index is 0.0593. The van der Waals surface area contributed by atoms with E-state index < -0.39 is 10.0 Å². The number of rotatable bonds is 5. The van der Waals surface area contributed by atoms with Crippen LogP contribution in [0.3, 0.4) is 0 Å². The predicted molar refractivity (Wildman–Crippen MR) is 129 cm³/mol. The zero-order valence-corrected chi connectivity index (χ0v) is 19.7. The first-order valence-electron chi connectivity index (χ1n) is 11.3. The Morgan fingerprint density at radius 1 is 0.941 bits per heavy atom. The molecule has 7 nitrogen and oxygen atoms in total. The molecule has 0 radical (unpaired) electrons. The van der Waals surface area contributed by atoms with Gasteiger partial charge in [-0.2, -0.15) is 0 Å². The zero-order valence-electron chi connectivity index (χ0n) is 18.9. The number of ether oxygens (including phenoxy) is 2. The Morgan fingerprint density at radius 2 is 1.65 bits per heavy atom. The highest BCUT2D eigenvalue weighted by atomic mass is 32.2. The molecule has 0 spiro atoms. The molecule has 5 rings (SSSR count). The molecule has 0 aromatic heterocycles. The number of likely N-dealkylation sites (tertiary alicyclic amines) is 1. The molecule has 0 bridgehead atoms. The van der Waals surface area contributed by atoms with Crippen LogP contribution in [-0.4, -0.2) is 46.0 Å². The van der Waals surface area contributed by atoms with E-state index in [0.29, 0.717) is 36.8 Å². The molecular weight excluding hydrogens is 452 g/mol. The van der Waals surface area contributed by atoms with Crippen LogP contribution in [0.1, 0.15) is 34.8 Å². The van der Waals surface area contributed by atoms with E-state index in [1.54, 1.807) is 36.4 Å². The number of sulfonamides is 1. The van der Waals surface area contributed by atoms with E-state index in [4.69, 9.17) is 9.47 Å². The van der Waals surface area contributed by atoms with Crippen molar-refractivity contribution in [1.29, 1.82) is 0 Å². The third kappa shape index (κ3) is 4.09. The molecule has 0 aliphatic carbocycles. The van der Waals surface area contributed by atoms with Gasteiger partial charge >= 0.3 is 0 Å². The average molecular weight is 479 g/mol. The molecule has 1 atom stereocenters. The summed E-state index contributed by atoms with van der Waals surface area (Å²) < 4.78 is 38.6. The average Bonchev–Trinajstić information content (AvgIpc) is 3.38. The second-order valence-corrected chi connectivity index (χ2v) is 10.4. The lowest BCUT2D eigenvalue weighted by atomic mass is 10.0. The number of hydrogen-bond acceptors (Lipinski definition) is 5. The summed E-state index contributed by atoms with van der Waals surface area (Å²) in [5.41, 5.74) is 2.05. The minimum atomic E-state index is -3.73. The standard InChI is InChI=1S/C26H26N2O5S/c1-27(21-6-3-2-4-7-21)34(30,31)22-12-9-19(10-13-22)26(29)28-15-5-8-23(28)20-11-14-24-25(18-20)33-17-16-32-24/h2-4,6-7,9-14,18,23H,5,8,15-17H2,1H3/t23-/m0/s1. The lowest BCUT2D eigenvalue weighted by Crippen LogP contribution is -2.31. The largest absolute Gasteiger partial charge is 0.486 e. The van der Waals surface area contributed by atoms with Gasteiger partial charge in [-0.1, -0.05) is 24.3 Å². The highest BCUT2D eigenvalue weighted by Crippen LogP contribution is 2.38. The zero-order chi connectivity index (χ0) is 23.7. The molecule has 3 aromatic rings. The van der Waals surface area contributed by atoms with E-state index in [0.717, 1.165) is 24.2 Å². The monoisotopic (exact) mass is 478 g/mol. The Bertz CT molecular complexity index is 1290. The second-order valence-electron chi connectivity index (χ2n) is 8.39. The molecule has 1 saturated heterocycles. The summed E-state index contributed by atoms with van der Waals surface area (Å²) in [5, 5.41) is 0. The molecule has 0 saturated carbocycles. The first-order chi connectivity index (χ1) is 16.4. The lowest BCUT2D eigenvalue weighted by Gasteiger charge is -2.27. The number of anilines is 1. The Kier molecular flexibility index (Phi) is 5.91. The van der Waals surface area contributed by atoms with Crippen LogP contribution in [0.25, 0.3) is 0 Å². The van der Waals surface area contributed by atoms with Crippen LogP contribution in [0.4, 0.5) is 5.69 Å². The third-order valence-corrected chi connectivity index (χ3v) is 8.14. The van der Waals surface area contributed by atoms with Crippen LogP contribution in [0, 0.1) is 0 Å². The quantitative estimate of drug-likeness (QED) is 0.548. The summed E-state index contributed by atoms with van der Waals surface area (Å²) >= 11 is 0. The van der Waals surface area contributed by atoms with Crippen molar-refractivity contribution >= 4 is 21.6 Å². The van der Waals surface area contributed by atoms with Gasteiger partial charge in [0.05, 0.1) is 16.6 Å². The van der Waals surface area contributed by atoms with E-state index >= 15 is 0 Å². The van der Waals surface area contributed by atoms with Gasteiger partial charge in [-0.25, -0.2) is 8.42 Å². The number of carbonyl (C=O) groups is 1. The number of nitrogens with zero attached hydrogens (tertiary/aromatic N) is 2. The molecule has 3 aromatic carbocycles. The molecule has 34 heavy (non-hydrogen) atoms. The summed E-state index contributed by atoms with van der Waals surface area (Å²) in [4.78, 5) is 15.3. The van der Waals surface area contributed by atoms with E-state index in [1.807, 2.05) is 29.2 Å². The molecule has 176 valence electrons. The smallest absolute Gasteiger partial charge is 0.264 e. The highest BCUT2D eigenvalue weighted by Gasteiger charge is 2.32. The van der Waals surface area contributed by atoms with Gasteiger partial charge in [0.1, 0.15) is 13.2 Å². The van der Waals surface area contributed by atoms with Gasteiger partial charge in [0.2, 0.25) is 0 Å². The van der Waals surface area contributed by atoms with Crippen molar-refractivity contribution < 1.29 is 22.7 Å². The van der Waals surface area contributed by atoms with Crippen LogP contribution in [-0.2, 0) is 10.0 Å². The normalized spacial score (nSPS) is 17.4. The Morgan fingerprint density at radius 3 is 2.38 bits per heavy atom. The van der Waals surface area contributed by atoms with Gasteiger partial charge in [0.15, 0.2) is 11.5 Å². The number of hydrogen-bond donors (Lipinski definition) is 0. The topological polar surface area (TPSA) is 76.2 Å². The summed E-state index contributed by atoms with van der Waals surface area (Å²) in [6.45, 7) is 1.69. The van der Waals surface area contributed by atoms with Crippen LogP contribution in [0.2, 0.25) is 0 Å². The van der Waals surface area contributed by atoms with Crippen molar-refractivity contribution in [2.75, 3.05) is 31.1 Å². The predicted octanol–water partition coefficient (Wildman–Crippen LogP) is 4.26. The van der Waals surface area contributed by atoms with Crippen molar-refractivity contribution in [2.45, 2.75) is 23.8 Å². The molecule has 2 aliphatic rings. The van der Waals surface area contributed by atoms with E-state index in [9.17, 15) is 13.2 Å². The molecule has 8 heteroatoms. The van der Waals surface area contributed by atoms with Gasteiger partial charge in [0.25, 0.3) is 15.9 Å². The fourth-order valence-corrected chi connectivity index (χ4v) is 5.69. The molecular formula is C26H26N2O5S. The van der Waals surface area contributed by atoms with Crippen molar-refractivity contribution in [3.63, 3.8) is 0 Å². The van der Waals surface area contributed by atoms with E-state index in [2.05, 4.69) is 0 Å². The summed E-state index contributed by atoms with van der Waals surface area (Å²) in [5.74, 6) is 1.32. The number of amides is 1. The van der Waals surface area contributed by atoms with Crippen LogP contribution < -0.4 is 13.8 Å². The van der Waals surface area contributed by atoms with Crippen LogP contribution in [0.5, 0.6) is 11.5 Å². The highest BCUT2D eigenvalue weighted by molar-refractivity contribution is 7.92. The van der Waals surface area contributed by atoms with Gasteiger partial charge in [-0.3, -0.25) is 9.10 Å². The van der Waals surface area contributed by atoms with Gasteiger partial charge in [-0.05, 0) is 66.9 Å². The molecule has 1 fully saturated rings. The molecule has 2 aliphatic heterocycles. The van der Waals surface area contributed by atoms with Crippen molar-refractivity contribution in [2.24, 2.45) is 0 Å². The van der Waals surface area contributed by atoms with Crippen molar-refractivity contribution in [3.8, 4) is 11.5 Å². The van der Waals surface area contributed by atoms with Gasteiger partial charge < -0.3 is 14.4 Å². The fraction of sp³-hybridized carbons (Fsp3) is 0.269. The van der Waals surface area contributed by atoms with Crippen LogP contribution in [0.15, 0.2) is 77.7 Å². The maximum Gasteiger partial charge on any atom is 0.264 e. The van der Waals surface area contributed by atoms with Crippen molar-refractivity contribution in [1.82, 2.24) is 4.90 Å². The maximum atomic E-state index is 13.3. The Balaban J connectivity index is 1.35. The molecule has 1 amide bonds. The SMILES string of the molecule is CN(c1ccccc1)S(=O)(=O)c1ccc(C(=O)N2CCC[C@H]2c2ccc3c(c2)OCCO3)cc1. The lowest BCUT2D eigenvalue weighted by molar-refractivity contribution is 0.0735. The molecule has 0 N–H and O–H groups in total. The summed E-state index contributed by atoms with van der Waals surface area (Å²) in [6.07, 6.45) is 1.76. The van der Waals surface area contributed by atoms with Gasteiger partial charge in [0, 0.05) is 19.2 Å². The van der Waals surface area contributed by atoms with E-state index in [-0.39, 0.29) is 16.8 Å². The number of carbonyl (C=O) groups excluding carboxylic acids is 1. The Hall–Kier alpha value is -3.52. The summed E-state index contributed by atoms with van der Waals surface area (Å²) in [6, 6.07) is 20.8. The molecule has 0 unspecified atom stereocenters. The van der Waals surface area contributed by atoms with Crippen LogP contribution >= 0.6 is 0 Å². The first kappa shape index (κ1) is 22.3. The number of benzene rings is 3. The minimum Gasteiger partial charge on any atom is -0.486 e. The third-order valence-electron chi connectivity index (χ3n) is 6.34. The van der Waals surface area contributed by atoms with E-state index in [1.165, 1.54) is 23.5 Å². The Labute approximate surface area is 199 Å². The van der Waals surface area contributed by atoms with Gasteiger partial charge in [-0.15, -0.1) is 0 Å². The maximum absolute atomic E-state index is 13.3. The number of fused-ring (bicyclic) bond motifs is 1. The molecule has 2 heterocycles.